The first-order valence-corrected chi connectivity index (χ1v) is 8.76. The molecule has 148 valence electrons. The third-order valence-corrected chi connectivity index (χ3v) is 4.38. The molecular formula is C18H9Cl2F3N4O2. The van der Waals surface area contributed by atoms with Gasteiger partial charge in [0.15, 0.2) is 17.1 Å². The lowest BCUT2D eigenvalue weighted by atomic mass is 10.2. The van der Waals surface area contributed by atoms with E-state index in [-0.39, 0.29) is 33.5 Å². The van der Waals surface area contributed by atoms with Crippen LogP contribution in [-0.4, -0.2) is 20.5 Å². The number of amides is 1. The number of nitrogens with zero attached hydrogens (tertiary/aromatic N) is 3. The summed E-state index contributed by atoms with van der Waals surface area (Å²) in [4.78, 5) is 16.7. The fourth-order valence-corrected chi connectivity index (χ4v) is 2.92. The van der Waals surface area contributed by atoms with Gasteiger partial charge in [-0.1, -0.05) is 11.6 Å². The van der Waals surface area contributed by atoms with Gasteiger partial charge in [0.2, 0.25) is 0 Å². The van der Waals surface area contributed by atoms with Gasteiger partial charge in [0.1, 0.15) is 17.2 Å². The maximum atomic E-state index is 13.9. The molecule has 3 heterocycles. The van der Waals surface area contributed by atoms with Crippen LogP contribution in [0.15, 0.2) is 53.1 Å². The molecule has 0 aliphatic rings. The van der Waals surface area contributed by atoms with Crippen molar-refractivity contribution in [3.8, 4) is 11.5 Å². The Morgan fingerprint density at radius 1 is 1.21 bits per heavy atom. The van der Waals surface area contributed by atoms with Gasteiger partial charge in [0.25, 0.3) is 5.91 Å². The van der Waals surface area contributed by atoms with Gasteiger partial charge < -0.3 is 9.73 Å². The van der Waals surface area contributed by atoms with Crippen LogP contribution in [0.5, 0.6) is 0 Å². The Kier molecular flexibility index (Phi) is 4.71. The van der Waals surface area contributed by atoms with E-state index in [9.17, 15) is 18.0 Å². The largest absolute Gasteiger partial charge is 0.463 e. The SMILES string of the molecule is O=C(Nc1ccc(F)c(Cl)c1)c1cc2nc(-c3ccco3)cc(C(F)(F)Cl)n2n1. The van der Waals surface area contributed by atoms with Gasteiger partial charge in [-0.25, -0.2) is 13.9 Å². The molecule has 29 heavy (non-hydrogen) atoms. The Bertz CT molecular complexity index is 1220. The minimum atomic E-state index is -3.78. The number of hydrogen-bond acceptors (Lipinski definition) is 4. The molecule has 4 rings (SSSR count). The predicted octanol–water partition coefficient (Wildman–Crippen LogP) is 5.32. The van der Waals surface area contributed by atoms with Gasteiger partial charge in [-0.2, -0.15) is 13.9 Å². The molecule has 0 bridgehead atoms. The number of benzene rings is 1. The second-order valence-corrected chi connectivity index (χ2v) is 6.77. The van der Waals surface area contributed by atoms with Gasteiger partial charge in [0, 0.05) is 11.8 Å². The fourth-order valence-electron chi connectivity index (χ4n) is 2.61. The van der Waals surface area contributed by atoms with Crippen LogP contribution in [0, 0.1) is 5.82 Å². The van der Waals surface area contributed by atoms with Crippen molar-refractivity contribution in [3.63, 3.8) is 0 Å². The van der Waals surface area contributed by atoms with E-state index in [1.807, 2.05) is 0 Å². The highest BCUT2D eigenvalue weighted by atomic mass is 35.5. The van der Waals surface area contributed by atoms with Crippen LogP contribution in [0.2, 0.25) is 5.02 Å². The molecule has 0 unspecified atom stereocenters. The van der Waals surface area contributed by atoms with Crippen molar-refractivity contribution in [1.29, 1.82) is 0 Å². The topological polar surface area (TPSA) is 72.4 Å². The average Bonchev–Trinajstić information content (AvgIpc) is 3.32. The van der Waals surface area contributed by atoms with Crippen molar-refractivity contribution in [2.24, 2.45) is 0 Å². The van der Waals surface area contributed by atoms with Crippen molar-refractivity contribution in [1.82, 2.24) is 14.6 Å². The molecule has 0 saturated carbocycles. The normalized spacial score (nSPS) is 11.8. The maximum absolute atomic E-state index is 13.9. The number of anilines is 1. The van der Waals surface area contributed by atoms with Gasteiger partial charge in [0.05, 0.1) is 11.3 Å². The van der Waals surface area contributed by atoms with Gasteiger partial charge in [-0.05, 0) is 48.0 Å². The van der Waals surface area contributed by atoms with Crippen LogP contribution in [0.1, 0.15) is 16.2 Å². The zero-order valence-corrected chi connectivity index (χ0v) is 15.7. The number of carbonyl (C=O) groups is 1. The van der Waals surface area contributed by atoms with E-state index >= 15 is 0 Å². The summed E-state index contributed by atoms with van der Waals surface area (Å²) in [6.45, 7) is 0. The number of nitrogens with one attached hydrogen (secondary N) is 1. The van der Waals surface area contributed by atoms with Crippen molar-refractivity contribution in [2.75, 3.05) is 5.32 Å². The van der Waals surface area contributed by atoms with Crippen molar-refractivity contribution in [2.45, 2.75) is 5.38 Å². The predicted molar refractivity (Wildman–Crippen MR) is 99.8 cm³/mol. The summed E-state index contributed by atoms with van der Waals surface area (Å²) < 4.78 is 47.1. The first-order chi connectivity index (χ1) is 13.7. The minimum absolute atomic E-state index is 0.0449. The lowest BCUT2D eigenvalue weighted by molar-refractivity contribution is 0.0869. The monoisotopic (exact) mass is 440 g/mol. The Hall–Kier alpha value is -3.04. The van der Waals surface area contributed by atoms with Gasteiger partial charge >= 0.3 is 5.38 Å². The molecule has 11 heteroatoms. The molecule has 0 fully saturated rings. The van der Waals surface area contributed by atoms with Crippen molar-refractivity contribution in [3.05, 3.63) is 71.0 Å². The lowest BCUT2D eigenvalue weighted by Gasteiger charge is -2.11. The van der Waals surface area contributed by atoms with E-state index in [1.165, 1.54) is 30.5 Å². The zero-order chi connectivity index (χ0) is 20.8. The summed E-state index contributed by atoms with van der Waals surface area (Å²) in [6, 6.07) is 8.91. The summed E-state index contributed by atoms with van der Waals surface area (Å²) >= 11 is 10.9. The number of furan rings is 1. The van der Waals surface area contributed by atoms with Crippen molar-refractivity contribution < 1.29 is 22.4 Å². The second-order valence-electron chi connectivity index (χ2n) is 5.88. The molecule has 1 aromatic carbocycles. The smallest absolute Gasteiger partial charge is 0.364 e. The molecule has 3 aromatic heterocycles. The van der Waals surface area contributed by atoms with E-state index < -0.39 is 22.8 Å². The molecule has 4 aromatic rings. The first kappa shape index (κ1) is 19.3. The Labute approximate surface area is 170 Å². The van der Waals surface area contributed by atoms with E-state index in [4.69, 9.17) is 27.6 Å². The van der Waals surface area contributed by atoms with Crippen LogP contribution in [-0.2, 0) is 5.38 Å². The maximum Gasteiger partial charge on any atom is 0.364 e. The highest BCUT2D eigenvalue weighted by Crippen LogP contribution is 2.34. The van der Waals surface area contributed by atoms with Gasteiger partial charge in [-0.15, -0.1) is 0 Å². The summed E-state index contributed by atoms with van der Waals surface area (Å²) in [5, 5.41) is 2.36. The van der Waals surface area contributed by atoms with Crippen LogP contribution in [0.4, 0.5) is 18.9 Å². The number of aromatic nitrogens is 3. The number of alkyl halides is 3. The Morgan fingerprint density at radius 3 is 2.66 bits per heavy atom. The highest BCUT2D eigenvalue weighted by molar-refractivity contribution is 6.31. The van der Waals surface area contributed by atoms with Crippen molar-refractivity contribution >= 4 is 40.4 Å². The van der Waals surface area contributed by atoms with E-state index in [0.29, 0.717) is 0 Å². The standard InChI is InChI=1S/C18H9Cl2F3N4O2/c19-10-6-9(3-4-11(10)21)24-17(28)13-8-16-25-12(14-2-1-5-29-14)7-15(18(20,22)23)27(16)26-13/h1-8H,(H,24,28). The molecule has 0 aliphatic carbocycles. The molecule has 1 N–H and O–H groups in total. The van der Waals surface area contributed by atoms with E-state index in [0.717, 1.165) is 16.6 Å². The molecule has 1 amide bonds. The van der Waals surface area contributed by atoms with E-state index in [2.05, 4.69) is 15.4 Å². The van der Waals surface area contributed by atoms with Crippen LogP contribution in [0.3, 0.4) is 0 Å². The first-order valence-electron chi connectivity index (χ1n) is 8.00. The summed E-state index contributed by atoms with van der Waals surface area (Å²) in [5.41, 5.74) is -0.659. The molecule has 0 saturated heterocycles. The highest BCUT2D eigenvalue weighted by Gasteiger charge is 2.33. The second kappa shape index (κ2) is 7.09. The third-order valence-electron chi connectivity index (χ3n) is 3.90. The zero-order valence-electron chi connectivity index (χ0n) is 14.2. The average molecular weight is 441 g/mol. The van der Waals surface area contributed by atoms with Crippen LogP contribution < -0.4 is 5.32 Å². The number of fused-ring (bicyclic) bond motifs is 1. The van der Waals surface area contributed by atoms with Gasteiger partial charge in [-0.3, -0.25) is 4.79 Å². The molecule has 0 atom stereocenters. The quantitative estimate of drug-likeness (QED) is 0.435. The Morgan fingerprint density at radius 2 is 2.00 bits per heavy atom. The van der Waals surface area contributed by atoms with Crippen LogP contribution >= 0.6 is 23.2 Å². The van der Waals surface area contributed by atoms with E-state index in [1.54, 1.807) is 6.07 Å². The number of hydrogen-bond donors (Lipinski definition) is 1. The fraction of sp³-hybridized carbons (Fsp3) is 0.0556. The summed E-state index contributed by atoms with van der Waals surface area (Å²) in [6.07, 6.45) is 1.36. The Balaban J connectivity index is 1.76. The summed E-state index contributed by atoms with van der Waals surface area (Å²) in [5.74, 6) is -1.15. The number of halogens is 5. The number of carbonyl (C=O) groups excluding carboxylic acids is 1. The third kappa shape index (κ3) is 3.79. The lowest BCUT2D eigenvalue weighted by Crippen LogP contribution is -2.15. The molecule has 0 spiro atoms. The molecule has 0 aliphatic heterocycles. The molecule has 0 radical (unpaired) electrons. The summed E-state index contributed by atoms with van der Waals surface area (Å²) in [7, 11) is 0. The number of rotatable bonds is 4. The van der Waals surface area contributed by atoms with Crippen LogP contribution in [0.25, 0.3) is 17.1 Å². The minimum Gasteiger partial charge on any atom is -0.463 e. The molecular weight excluding hydrogens is 432 g/mol. The molecule has 6 nitrogen and oxygen atoms in total.